The minimum atomic E-state index is -1.29. The average molecular weight is 432 g/mol. The number of esters is 1. The molecule has 0 saturated carbocycles. The first kappa shape index (κ1) is 21.6. The first-order chi connectivity index (χ1) is 14.2. The molecule has 3 amide bonds. The van der Waals surface area contributed by atoms with E-state index in [1.807, 2.05) is 0 Å². The van der Waals surface area contributed by atoms with E-state index in [4.69, 9.17) is 0 Å². The van der Waals surface area contributed by atoms with Gasteiger partial charge < -0.3 is 9.84 Å². The van der Waals surface area contributed by atoms with Crippen LogP contribution in [-0.4, -0.2) is 68.8 Å². The van der Waals surface area contributed by atoms with Gasteiger partial charge in [0.05, 0.1) is 24.7 Å². The van der Waals surface area contributed by atoms with E-state index in [1.165, 1.54) is 19.2 Å². The van der Waals surface area contributed by atoms with Gasteiger partial charge in [-0.25, -0.2) is 4.79 Å². The third-order valence-corrected chi connectivity index (χ3v) is 6.11. The quantitative estimate of drug-likeness (QED) is 0.298. The van der Waals surface area contributed by atoms with Crippen LogP contribution >= 0.6 is 11.8 Å². The molecule has 1 N–H and O–H groups in total. The largest absolute Gasteiger partial charge is 0.477 e. The highest BCUT2D eigenvalue weighted by atomic mass is 32.2. The van der Waals surface area contributed by atoms with Crippen molar-refractivity contribution in [1.82, 2.24) is 9.80 Å². The van der Waals surface area contributed by atoms with Crippen molar-refractivity contribution < 1.29 is 33.8 Å². The van der Waals surface area contributed by atoms with Crippen LogP contribution in [0.3, 0.4) is 0 Å². The van der Waals surface area contributed by atoms with Crippen LogP contribution in [0, 0.1) is 0 Å². The van der Waals surface area contributed by atoms with Crippen LogP contribution < -0.4 is 0 Å². The van der Waals surface area contributed by atoms with Gasteiger partial charge in [0.1, 0.15) is 17.1 Å². The fourth-order valence-electron chi connectivity index (χ4n) is 3.47. The number of carbonyl (C=O) groups is 5. The number of thioether (sulfide) groups is 1. The molecule has 30 heavy (non-hydrogen) atoms. The van der Waals surface area contributed by atoms with E-state index in [0.29, 0.717) is 5.57 Å². The summed E-state index contributed by atoms with van der Waals surface area (Å²) >= 11 is 1.12. The molecule has 0 aromatic heterocycles. The highest BCUT2D eigenvalue weighted by molar-refractivity contribution is 8.00. The van der Waals surface area contributed by atoms with Gasteiger partial charge in [0.2, 0.25) is 0 Å². The van der Waals surface area contributed by atoms with Crippen molar-refractivity contribution in [3.63, 3.8) is 0 Å². The third-order valence-electron chi connectivity index (χ3n) is 4.86. The van der Waals surface area contributed by atoms with Gasteiger partial charge in [0.25, 0.3) is 17.7 Å². The maximum Gasteiger partial charge on any atom is 0.352 e. The molecule has 0 radical (unpaired) electrons. The summed E-state index contributed by atoms with van der Waals surface area (Å²) in [5, 5.41) is 8.75. The monoisotopic (exact) mass is 432 g/mol. The standard InChI is InChI=1S/C20H20N2O7S/c1-10(2)14(20(27)28)22-18(26)15(19(22)30-9-8-13(23)29-3)21-16(24)11-6-4-5-7-12(11)17(21)25/h4-7,15,19H,8-9H2,1-3H3,(H,27,28). The first-order valence-corrected chi connectivity index (χ1v) is 10.1. The zero-order chi connectivity index (χ0) is 22.2. The molecule has 0 aliphatic carbocycles. The minimum absolute atomic E-state index is 0.0335. The molecule has 0 spiro atoms. The lowest BCUT2D eigenvalue weighted by Gasteiger charge is -2.49. The number of hydrogen-bond acceptors (Lipinski definition) is 7. The lowest BCUT2D eigenvalue weighted by atomic mass is 10.0. The number of likely N-dealkylation sites (tertiary alicyclic amines) is 1. The second-order valence-corrected chi connectivity index (χ2v) is 8.14. The molecule has 2 aliphatic heterocycles. The predicted molar refractivity (Wildman–Crippen MR) is 106 cm³/mol. The fraction of sp³-hybridized carbons (Fsp3) is 0.350. The van der Waals surface area contributed by atoms with Crippen LogP contribution in [0.4, 0.5) is 0 Å². The summed E-state index contributed by atoms with van der Waals surface area (Å²) in [5.41, 5.74) is 0.596. The minimum Gasteiger partial charge on any atom is -0.477 e. The van der Waals surface area contributed by atoms with E-state index in [9.17, 15) is 29.1 Å². The maximum atomic E-state index is 13.0. The number of carboxylic acid groups (broad SMARTS) is 1. The number of hydrogen-bond donors (Lipinski definition) is 1. The molecular weight excluding hydrogens is 412 g/mol. The summed E-state index contributed by atoms with van der Waals surface area (Å²) in [5.74, 6) is -3.38. The third kappa shape index (κ3) is 3.47. The normalized spacial score (nSPS) is 20.0. The molecule has 1 saturated heterocycles. The number of rotatable bonds is 7. The van der Waals surface area contributed by atoms with Gasteiger partial charge in [0.15, 0.2) is 0 Å². The number of carboxylic acids is 1. The Balaban J connectivity index is 1.93. The first-order valence-electron chi connectivity index (χ1n) is 9.09. The number of methoxy groups -OCH3 is 1. The van der Waals surface area contributed by atoms with Gasteiger partial charge in [-0.1, -0.05) is 12.1 Å². The Bertz CT molecular complexity index is 948. The summed E-state index contributed by atoms with van der Waals surface area (Å²) in [6.07, 6.45) is 0.0335. The van der Waals surface area contributed by atoms with E-state index < -0.39 is 41.1 Å². The van der Waals surface area contributed by atoms with Gasteiger partial charge >= 0.3 is 11.9 Å². The van der Waals surface area contributed by atoms with E-state index >= 15 is 0 Å². The summed E-state index contributed by atoms with van der Waals surface area (Å²) in [7, 11) is 1.25. The number of imide groups is 1. The molecule has 1 aromatic carbocycles. The zero-order valence-corrected chi connectivity index (χ0v) is 17.4. The highest BCUT2D eigenvalue weighted by Gasteiger charge is 2.58. The lowest BCUT2D eigenvalue weighted by Crippen LogP contribution is -2.70. The lowest BCUT2D eigenvalue weighted by molar-refractivity contribution is -0.151. The molecule has 2 atom stereocenters. The molecule has 1 aromatic rings. The Hall–Kier alpha value is -3.14. The average Bonchev–Trinajstić information content (AvgIpc) is 2.95. The molecule has 2 aliphatic rings. The maximum absolute atomic E-state index is 13.0. The van der Waals surface area contributed by atoms with Crippen LogP contribution in [-0.2, 0) is 19.1 Å². The molecule has 9 nitrogen and oxygen atoms in total. The number of carbonyl (C=O) groups excluding carboxylic acids is 4. The summed E-state index contributed by atoms with van der Waals surface area (Å²) in [4.78, 5) is 63.8. The number of ether oxygens (including phenoxy) is 1. The van der Waals surface area contributed by atoms with Crippen LogP contribution in [0.5, 0.6) is 0 Å². The Kier molecular flexibility index (Phi) is 5.97. The number of β-lactam (4-membered cyclic amide) rings is 1. The van der Waals surface area contributed by atoms with E-state index in [1.54, 1.807) is 26.0 Å². The molecule has 10 heteroatoms. The molecule has 3 rings (SSSR count). The van der Waals surface area contributed by atoms with Gasteiger partial charge in [-0.15, -0.1) is 11.8 Å². The van der Waals surface area contributed by atoms with E-state index in [0.717, 1.165) is 21.6 Å². The molecule has 158 valence electrons. The molecule has 2 heterocycles. The Morgan fingerprint density at radius 2 is 1.67 bits per heavy atom. The van der Waals surface area contributed by atoms with Crippen LogP contribution in [0.25, 0.3) is 0 Å². The smallest absolute Gasteiger partial charge is 0.352 e. The fourth-order valence-corrected chi connectivity index (χ4v) is 4.78. The zero-order valence-electron chi connectivity index (χ0n) is 16.6. The molecule has 2 unspecified atom stereocenters. The van der Waals surface area contributed by atoms with Crippen molar-refractivity contribution >= 4 is 41.4 Å². The van der Waals surface area contributed by atoms with Gasteiger partial charge in [0, 0.05) is 5.75 Å². The number of amides is 3. The number of nitrogens with zero attached hydrogens (tertiary/aromatic N) is 2. The van der Waals surface area contributed by atoms with Gasteiger partial charge in [-0.3, -0.25) is 29.0 Å². The Morgan fingerprint density at radius 1 is 1.10 bits per heavy atom. The van der Waals surface area contributed by atoms with Crippen LogP contribution in [0.2, 0.25) is 0 Å². The summed E-state index contributed by atoms with van der Waals surface area (Å²) in [6.45, 7) is 3.12. The van der Waals surface area contributed by atoms with Gasteiger partial charge in [-0.2, -0.15) is 0 Å². The SMILES string of the molecule is COC(=O)CCSC1C(N2C(=O)c3ccccc3C2=O)C(=O)N1C(C(=O)O)=C(C)C. The molecular formula is C20H20N2O7S. The molecule has 0 bridgehead atoms. The van der Waals surface area contributed by atoms with Crippen molar-refractivity contribution in [1.29, 1.82) is 0 Å². The van der Waals surface area contributed by atoms with Crippen molar-refractivity contribution in [2.45, 2.75) is 31.7 Å². The van der Waals surface area contributed by atoms with E-state index in [-0.39, 0.29) is 29.0 Å². The number of benzene rings is 1. The second kappa shape index (κ2) is 8.31. The number of aliphatic carboxylic acids is 1. The van der Waals surface area contributed by atoms with Crippen LogP contribution in [0.1, 0.15) is 41.0 Å². The van der Waals surface area contributed by atoms with Gasteiger partial charge in [-0.05, 0) is 31.6 Å². The topological polar surface area (TPSA) is 121 Å². The number of fused-ring (bicyclic) bond motifs is 1. The Labute approximate surface area is 176 Å². The molecule has 1 fully saturated rings. The number of allylic oxidation sites excluding steroid dienone is 1. The predicted octanol–water partition coefficient (Wildman–Crippen LogP) is 1.49. The van der Waals surface area contributed by atoms with E-state index in [2.05, 4.69) is 4.74 Å². The Morgan fingerprint density at radius 3 is 2.13 bits per heavy atom. The highest BCUT2D eigenvalue weighted by Crippen LogP contribution is 2.40. The van der Waals surface area contributed by atoms with Crippen molar-refractivity contribution in [3.05, 3.63) is 46.7 Å². The van der Waals surface area contributed by atoms with Crippen molar-refractivity contribution in [3.8, 4) is 0 Å². The summed E-state index contributed by atoms with van der Waals surface area (Å²) in [6, 6.07) is 5.10. The summed E-state index contributed by atoms with van der Waals surface area (Å²) < 4.78 is 4.60. The second-order valence-electron chi connectivity index (χ2n) is 6.92. The van der Waals surface area contributed by atoms with Crippen molar-refractivity contribution in [2.75, 3.05) is 12.9 Å². The van der Waals surface area contributed by atoms with Crippen molar-refractivity contribution in [2.24, 2.45) is 0 Å². The van der Waals surface area contributed by atoms with Crippen LogP contribution in [0.15, 0.2) is 35.5 Å².